The number of rotatable bonds is 5. The van der Waals surface area contributed by atoms with Crippen LogP contribution < -0.4 is 5.32 Å². The van der Waals surface area contributed by atoms with Gasteiger partial charge in [-0.05, 0) is 13.3 Å². The zero-order valence-electron chi connectivity index (χ0n) is 8.95. The lowest BCUT2D eigenvalue weighted by molar-refractivity contribution is 0.184. The Labute approximate surface area is 84.7 Å². The van der Waals surface area contributed by atoms with Gasteiger partial charge in [-0.15, -0.1) is 0 Å². The highest BCUT2D eigenvalue weighted by Gasteiger charge is 2.05. The maximum atomic E-state index is 5.09. The number of methoxy groups -OCH3 is 1. The SMILES string of the molecule is CCC(COC)Nc1cc(C)ncn1. The van der Waals surface area contributed by atoms with Crippen molar-refractivity contribution >= 4 is 5.82 Å². The van der Waals surface area contributed by atoms with Gasteiger partial charge in [-0.3, -0.25) is 0 Å². The van der Waals surface area contributed by atoms with Crippen molar-refractivity contribution in [1.82, 2.24) is 9.97 Å². The zero-order valence-corrected chi connectivity index (χ0v) is 8.95. The summed E-state index contributed by atoms with van der Waals surface area (Å²) in [6.45, 7) is 4.76. The second-order valence-corrected chi connectivity index (χ2v) is 3.25. The van der Waals surface area contributed by atoms with Crippen molar-refractivity contribution in [3.8, 4) is 0 Å². The molecule has 4 heteroatoms. The Bertz CT molecular complexity index is 278. The normalized spacial score (nSPS) is 12.5. The first-order chi connectivity index (χ1) is 6.76. The lowest BCUT2D eigenvalue weighted by Gasteiger charge is -2.16. The van der Waals surface area contributed by atoms with Gasteiger partial charge in [0.2, 0.25) is 0 Å². The average molecular weight is 195 g/mol. The Morgan fingerprint density at radius 2 is 2.29 bits per heavy atom. The third-order valence-electron chi connectivity index (χ3n) is 2.02. The number of nitrogens with one attached hydrogen (secondary N) is 1. The summed E-state index contributed by atoms with van der Waals surface area (Å²) in [5, 5.41) is 3.29. The van der Waals surface area contributed by atoms with Gasteiger partial charge in [-0.1, -0.05) is 6.92 Å². The van der Waals surface area contributed by atoms with Crippen LogP contribution in [0.25, 0.3) is 0 Å². The predicted octanol–water partition coefficient (Wildman–Crippen LogP) is 1.62. The first-order valence-corrected chi connectivity index (χ1v) is 4.80. The molecule has 14 heavy (non-hydrogen) atoms. The molecular weight excluding hydrogens is 178 g/mol. The van der Waals surface area contributed by atoms with Gasteiger partial charge in [-0.25, -0.2) is 9.97 Å². The van der Waals surface area contributed by atoms with Crippen LogP contribution in [-0.4, -0.2) is 29.7 Å². The summed E-state index contributed by atoms with van der Waals surface area (Å²) in [5.74, 6) is 0.862. The van der Waals surface area contributed by atoms with Crippen LogP contribution in [-0.2, 0) is 4.74 Å². The fraction of sp³-hybridized carbons (Fsp3) is 0.600. The van der Waals surface area contributed by atoms with E-state index in [4.69, 9.17) is 4.74 Å². The molecule has 0 fully saturated rings. The number of anilines is 1. The Kier molecular flexibility index (Phi) is 4.32. The molecule has 1 unspecified atom stereocenters. The molecule has 1 atom stereocenters. The van der Waals surface area contributed by atoms with Crippen LogP contribution in [0.2, 0.25) is 0 Å². The van der Waals surface area contributed by atoms with Gasteiger partial charge in [0.15, 0.2) is 0 Å². The van der Waals surface area contributed by atoms with Crippen molar-refractivity contribution in [2.75, 3.05) is 19.0 Å². The topological polar surface area (TPSA) is 47.0 Å². The molecule has 1 rings (SSSR count). The van der Waals surface area contributed by atoms with Gasteiger partial charge in [0.05, 0.1) is 12.6 Å². The van der Waals surface area contributed by atoms with Crippen LogP contribution in [0.5, 0.6) is 0 Å². The van der Waals surface area contributed by atoms with Crippen molar-refractivity contribution < 1.29 is 4.74 Å². The standard InChI is InChI=1S/C10H17N3O/c1-4-9(6-14-3)13-10-5-8(2)11-7-12-10/h5,7,9H,4,6H2,1-3H3,(H,11,12,13). The Morgan fingerprint density at radius 1 is 1.50 bits per heavy atom. The third kappa shape index (κ3) is 3.30. The number of aromatic nitrogens is 2. The smallest absolute Gasteiger partial charge is 0.129 e. The molecule has 0 aliphatic carbocycles. The first kappa shape index (κ1) is 10.9. The van der Waals surface area contributed by atoms with Gasteiger partial charge in [0.25, 0.3) is 0 Å². The van der Waals surface area contributed by atoms with E-state index in [1.54, 1.807) is 13.4 Å². The maximum Gasteiger partial charge on any atom is 0.129 e. The molecule has 0 aliphatic heterocycles. The minimum atomic E-state index is 0.314. The molecule has 0 spiro atoms. The maximum absolute atomic E-state index is 5.09. The van der Waals surface area contributed by atoms with Crippen LogP contribution in [0, 0.1) is 6.92 Å². The summed E-state index contributed by atoms with van der Waals surface area (Å²) in [7, 11) is 1.70. The number of aryl methyl sites for hydroxylation is 1. The van der Waals surface area contributed by atoms with Gasteiger partial charge < -0.3 is 10.1 Å². The second kappa shape index (κ2) is 5.54. The van der Waals surface area contributed by atoms with E-state index in [0.717, 1.165) is 17.9 Å². The van der Waals surface area contributed by atoms with Crippen LogP contribution in [0.15, 0.2) is 12.4 Å². The minimum Gasteiger partial charge on any atom is -0.383 e. The molecule has 1 aromatic rings. The van der Waals surface area contributed by atoms with E-state index in [0.29, 0.717) is 12.6 Å². The van der Waals surface area contributed by atoms with Gasteiger partial charge in [0, 0.05) is 18.9 Å². The van der Waals surface area contributed by atoms with Crippen molar-refractivity contribution in [3.63, 3.8) is 0 Å². The predicted molar refractivity (Wildman–Crippen MR) is 56.3 cm³/mol. The van der Waals surface area contributed by atoms with E-state index >= 15 is 0 Å². The lowest BCUT2D eigenvalue weighted by Crippen LogP contribution is -2.24. The highest BCUT2D eigenvalue weighted by molar-refractivity contribution is 5.35. The fourth-order valence-corrected chi connectivity index (χ4v) is 1.21. The van der Waals surface area contributed by atoms with Crippen molar-refractivity contribution in [2.24, 2.45) is 0 Å². The molecular formula is C10H17N3O. The largest absolute Gasteiger partial charge is 0.383 e. The molecule has 0 saturated heterocycles. The summed E-state index contributed by atoms with van der Waals surface area (Å²) < 4.78 is 5.09. The summed E-state index contributed by atoms with van der Waals surface area (Å²) in [5.41, 5.74) is 0.967. The Morgan fingerprint density at radius 3 is 2.86 bits per heavy atom. The number of hydrogen-bond donors (Lipinski definition) is 1. The summed E-state index contributed by atoms with van der Waals surface area (Å²) in [6.07, 6.45) is 2.58. The van der Waals surface area contributed by atoms with E-state index in [-0.39, 0.29) is 0 Å². The molecule has 0 amide bonds. The van der Waals surface area contributed by atoms with Crippen LogP contribution in [0.1, 0.15) is 19.0 Å². The first-order valence-electron chi connectivity index (χ1n) is 4.80. The monoisotopic (exact) mass is 195 g/mol. The van der Waals surface area contributed by atoms with Crippen LogP contribution in [0.4, 0.5) is 5.82 Å². The van der Waals surface area contributed by atoms with Crippen LogP contribution >= 0.6 is 0 Å². The van der Waals surface area contributed by atoms with Gasteiger partial charge >= 0.3 is 0 Å². The van der Waals surface area contributed by atoms with Crippen molar-refractivity contribution in [3.05, 3.63) is 18.1 Å². The highest BCUT2D eigenvalue weighted by atomic mass is 16.5. The zero-order chi connectivity index (χ0) is 10.4. The second-order valence-electron chi connectivity index (χ2n) is 3.25. The molecule has 0 aromatic carbocycles. The minimum absolute atomic E-state index is 0.314. The fourth-order valence-electron chi connectivity index (χ4n) is 1.21. The van der Waals surface area contributed by atoms with Crippen LogP contribution in [0.3, 0.4) is 0 Å². The van der Waals surface area contributed by atoms with E-state index in [1.165, 1.54) is 0 Å². The Balaban J connectivity index is 2.57. The van der Waals surface area contributed by atoms with E-state index < -0.39 is 0 Å². The van der Waals surface area contributed by atoms with E-state index in [1.807, 2.05) is 13.0 Å². The van der Waals surface area contributed by atoms with E-state index in [9.17, 15) is 0 Å². The van der Waals surface area contributed by atoms with Crippen molar-refractivity contribution in [1.29, 1.82) is 0 Å². The number of ether oxygens (including phenoxy) is 1. The number of nitrogens with zero attached hydrogens (tertiary/aromatic N) is 2. The molecule has 0 bridgehead atoms. The molecule has 1 aromatic heterocycles. The van der Waals surface area contributed by atoms with Crippen molar-refractivity contribution in [2.45, 2.75) is 26.3 Å². The quantitative estimate of drug-likeness (QED) is 0.775. The van der Waals surface area contributed by atoms with Gasteiger partial charge in [-0.2, -0.15) is 0 Å². The lowest BCUT2D eigenvalue weighted by atomic mass is 10.2. The molecule has 0 aliphatic rings. The van der Waals surface area contributed by atoms with Gasteiger partial charge in [0.1, 0.15) is 12.1 Å². The molecule has 0 radical (unpaired) electrons. The molecule has 4 nitrogen and oxygen atoms in total. The average Bonchev–Trinajstić information content (AvgIpc) is 2.17. The molecule has 1 heterocycles. The third-order valence-corrected chi connectivity index (χ3v) is 2.02. The molecule has 0 saturated carbocycles. The molecule has 78 valence electrons. The van der Waals surface area contributed by atoms with E-state index in [2.05, 4.69) is 22.2 Å². The summed E-state index contributed by atoms with van der Waals surface area (Å²) >= 11 is 0. The number of hydrogen-bond acceptors (Lipinski definition) is 4. The highest BCUT2D eigenvalue weighted by Crippen LogP contribution is 2.06. The Hall–Kier alpha value is -1.16. The summed E-state index contributed by atoms with van der Waals surface area (Å²) in [6, 6.07) is 2.24. The molecule has 1 N–H and O–H groups in total. The summed E-state index contributed by atoms with van der Waals surface area (Å²) in [4.78, 5) is 8.17.